The Bertz CT molecular complexity index is 1040. The van der Waals surface area contributed by atoms with Gasteiger partial charge >= 0.3 is 0 Å². The van der Waals surface area contributed by atoms with Crippen molar-refractivity contribution >= 4 is 17.5 Å². The number of aryl methyl sites for hydroxylation is 1. The minimum atomic E-state index is -3.01. The fraction of sp³-hybridized carbons (Fsp3) is 0.400. The quantitative estimate of drug-likeness (QED) is 0.828. The SMILES string of the molecule is [2H]C1([2H])CC(F)(C([2H])([2H])NCc2ccc(C)cn2)CC([2H])([2H])N1C(=O)c1ccc(F)c(Cl)c1. The number of piperidine rings is 1. The zero-order chi connectivity index (χ0) is 24.8. The molecule has 3 rings (SSSR count). The van der Waals surface area contributed by atoms with Gasteiger partial charge in [0.15, 0.2) is 0 Å². The largest absolute Gasteiger partial charge is 0.338 e. The van der Waals surface area contributed by atoms with Crippen molar-refractivity contribution in [3.8, 4) is 0 Å². The van der Waals surface area contributed by atoms with E-state index in [9.17, 15) is 9.18 Å². The number of pyridine rings is 1. The predicted molar refractivity (Wildman–Crippen MR) is 101 cm³/mol. The van der Waals surface area contributed by atoms with Gasteiger partial charge in [-0.05, 0) is 36.8 Å². The number of halogens is 3. The third-order valence-electron chi connectivity index (χ3n) is 3.96. The van der Waals surface area contributed by atoms with Crippen LogP contribution in [-0.2, 0) is 6.54 Å². The van der Waals surface area contributed by atoms with E-state index in [0.29, 0.717) is 5.69 Å². The van der Waals surface area contributed by atoms with Gasteiger partial charge in [-0.15, -0.1) is 0 Å². The summed E-state index contributed by atoms with van der Waals surface area (Å²) in [6, 6.07) is 6.19. The average Bonchev–Trinajstić information content (AvgIpc) is 2.67. The maximum absolute atomic E-state index is 15.9. The molecule has 1 fully saturated rings. The first-order valence-corrected chi connectivity index (χ1v) is 8.61. The number of hydrogen-bond donors (Lipinski definition) is 1. The second-order valence-corrected chi connectivity index (χ2v) is 6.62. The maximum Gasteiger partial charge on any atom is 0.253 e. The van der Waals surface area contributed by atoms with E-state index in [1.165, 1.54) is 0 Å². The molecule has 4 nitrogen and oxygen atoms in total. The molecule has 1 aliphatic rings. The van der Waals surface area contributed by atoms with E-state index in [4.69, 9.17) is 19.8 Å². The first-order valence-electron chi connectivity index (χ1n) is 11.2. The summed E-state index contributed by atoms with van der Waals surface area (Å²) in [5, 5.41) is 1.96. The number of aromatic nitrogens is 1. The highest BCUT2D eigenvalue weighted by atomic mass is 35.5. The fourth-order valence-corrected chi connectivity index (χ4v) is 2.59. The number of alkyl halides is 1. The molecule has 7 heteroatoms. The molecule has 1 saturated heterocycles. The monoisotopic (exact) mass is 399 g/mol. The number of nitrogens with zero attached hydrogens (tertiary/aromatic N) is 2. The zero-order valence-electron chi connectivity index (χ0n) is 20.5. The molecule has 1 amide bonds. The lowest BCUT2D eigenvalue weighted by Gasteiger charge is -2.36. The van der Waals surface area contributed by atoms with E-state index >= 15 is 4.39 Å². The Morgan fingerprint density at radius 3 is 2.78 bits per heavy atom. The van der Waals surface area contributed by atoms with Crippen LogP contribution in [0.3, 0.4) is 0 Å². The molecule has 1 aromatic heterocycles. The lowest BCUT2D eigenvalue weighted by Crippen LogP contribution is -2.48. The summed E-state index contributed by atoms with van der Waals surface area (Å²) in [6.07, 6.45) is -0.718. The Balaban J connectivity index is 1.86. The summed E-state index contributed by atoms with van der Waals surface area (Å²) in [5.74, 6) is -1.98. The molecule has 0 saturated carbocycles. The van der Waals surface area contributed by atoms with Crippen molar-refractivity contribution in [1.82, 2.24) is 15.2 Å². The Morgan fingerprint density at radius 2 is 2.15 bits per heavy atom. The summed E-state index contributed by atoms with van der Waals surface area (Å²) in [6.45, 7) is -7.04. The number of hydrogen-bond acceptors (Lipinski definition) is 3. The van der Waals surface area contributed by atoms with Crippen LogP contribution in [0.5, 0.6) is 0 Å². The lowest BCUT2D eigenvalue weighted by atomic mass is 9.92. The van der Waals surface area contributed by atoms with Gasteiger partial charge in [0, 0.05) is 58.9 Å². The van der Waals surface area contributed by atoms with E-state index in [0.717, 1.165) is 23.8 Å². The van der Waals surface area contributed by atoms with Gasteiger partial charge in [0.05, 0.1) is 10.7 Å². The Hall–Kier alpha value is -2.05. The van der Waals surface area contributed by atoms with Crippen LogP contribution >= 0.6 is 11.6 Å². The fourth-order valence-electron chi connectivity index (χ4n) is 2.41. The van der Waals surface area contributed by atoms with Crippen LogP contribution in [0.2, 0.25) is 5.02 Å². The average molecular weight is 400 g/mol. The molecule has 0 atom stereocenters. The second kappa shape index (κ2) is 8.31. The molecule has 2 heterocycles. The van der Waals surface area contributed by atoms with E-state index in [1.807, 2.05) is 6.92 Å². The highest BCUT2D eigenvalue weighted by molar-refractivity contribution is 6.31. The molecule has 0 bridgehead atoms. The van der Waals surface area contributed by atoms with Gasteiger partial charge < -0.3 is 10.2 Å². The number of benzene rings is 1. The van der Waals surface area contributed by atoms with E-state index in [-0.39, 0.29) is 17.0 Å². The van der Waals surface area contributed by atoms with Crippen molar-refractivity contribution in [2.45, 2.75) is 32.0 Å². The van der Waals surface area contributed by atoms with Crippen LogP contribution in [0.1, 0.15) is 42.7 Å². The summed E-state index contributed by atoms with van der Waals surface area (Å²) in [7, 11) is 0. The normalized spacial score (nSPS) is 23.9. The van der Waals surface area contributed by atoms with Gasteiger partial charge in [-0.3, -0.25) is 9.78 Å². The number of nitrogens with one attached hydrogen (secondary N) is 1. The number of carbonyl (C=O) groups excluding carboxylic acids is 1. The highest BCUT2D eigenvalue weighted by Gasteiger charge is 2.35. The molecule has 27 heavy (non-hydrogen) atoms. The molecular formula is C20H22ClF2N3O. The Labute approximate surface area is 171 Å². The van der Waals surface area contributed by atoms with E-state index in [2.05, 4.69) is 10.3 Å². The molecular weight excluding hydrogens is 372 g/mol. The van der Waals surface area contributed by atoms with Crippen molar-refractivity contribution in [2.24, 2.45) is 0 Å². The Morgan fingerprint density at radius 1 is 1.41 bits per heavy atom. The molecule has 144 valence electrons. The number of carbonyl (C=O) groups is 1. The molecule has 2 aromatic rings. The third kappa shape index (κ3) is 5.02. The molecule has 1 N–H and O–H groups in total. The van der Waals surface area contributed by atoms with Crippen LogP contribution in [0, 0.1) is 12.7 Å². The maximum atomic E-state index is 15.9. The number of rotatable bonds is 5. The Kier molecular flexibility index (Phi) is 4.06. The summed E-state index contributed by atoms with van der Waals surface area (Å²) >= 11 is 5.68. The summed E-state index contributed by atoms with van der Waals surface area (Å²) in [5.41, 5.74) is -2.00. The van der Waals surface area contributed by atoms with Crippen LogP contribution < -0.4 is 5.32 Å². The van der Waals surface area contributed by atoms with E-state index in [1.54, 1.807) is 18.3 Å². The molecule has 0 aliphatic carbocycles. The van der Waals surface area contributed by atoms with Crippen LogP contribution in [-0.4, -0.2) is 41.0 Å². The minimum absolute atomic E-state index is 0.179. The molecule has 0 unspecified atom stereocenters. The topological polar surface area (TPSA) is 45.2 Å². The van der Waals surface area contributed by atoms with Gasteiger partial charge in [0.2, 0.25) is 0 Å². The highest BCUT2D eigenvalue weighted by Crippen LogP contribution is 2.27. The number of amides is 1. The first-order chi connectivity index (χ1) is 15.1. The van der Waals surface area contributed by atoms with Crippen molar-refractivity contribution in [3.05, 3.63) is 64.2 Å². The van der Waals surface area contributed by atoms with Crippen LogP contribution in [0.25, 0.3) is 0 Å². The van der Waals surface area contributed by atoms with Gasteiger partial charge in [0.1, 0.15) is 11.5 Å². The van der Waals surface area contributed by atoms with Crippen LogP contribution in [0.4, 0.5) is 8.78 Å². The molecule has 1 aromatic carbocycles. The standard InChI is InChI=1S/C20H22ClF2N3O/c1-14-2-4-16(25-11-14)12-24-13-20(23)6-8-26(9-7-20)19(27)15-3-5-18(22)17(21)10-15/h2-5,10-11,24H,6-9,12-13H2,1H3/i8D2,9D2,13D2. The summed E-state index contributed by atoms with van der Waals surface area (Å²) in [4.78, 5) is 17.2. The second-order valence-electron chi connectivity index (χ2n) is 6.21. The van der Waals surface area contributed by atoms with Gasteiger partial charge in [-0.1, -0.05) is 17.7 Å². The molecule has 0 spiro atoms. The van der Waals surface area contributed by atoms with Crippen molar-refractivity contribution < 1.29 is 21.8 Å². The predicted octanol–water partition coefficient (Wildman–Crippen LogP) is 3.92. The van der Waals surface area contributed by atoms with Gasteiger partial charge in [-0.2, -0.15) is 0 Å². The zero-order valence-corrected chi connectivity index (χ0v) is 15.3. The summed E-state index contributed by atoms with van der Waals surface area (Å²) < 4.78 is 78.8. The van der Waals surface area contributed by atoms with E-state index < -0.39 is 54.7 Å². The number of likely N-dealkylation sites (tertiary alicyclic amines) is 1. The van der Waals surface area contributed by atoms with Crippen molar-refractivity contribution in [3.63, 3.8) is 0 Å². The van der Waals surface area contributed by atoms with Gasteiger partial charge in [0.25, 0.3) is 5.91 Å². The lowest BCUT2D eigenvalue weighted by molar-refractivity contribution is 0.0434. The van der Waals surface area contributed by atoms with Crippen molar-refractivity contribution in [1.29, 1.82) is 0 Å². The third-order valence-corrected chi connectivity index (χ3v) is 4.25. The first kappa shape index (κ1) is 13.2. The smallest absolute Gasteiger partial charge is 0.253 e. The van der Waals surface area contributed by atoms with Gasteiger partial charge in [-0.25, -0.2) is 8.78 Å². The molecule has 0 radical (unpaired) electrons. The minimum Gasteiger partial charge on any atom is -0.338 e. The molecule has 1 aliphatic heterocycles. The van der Waals surface area contributed by atoms with Crippen molar-refractivity contribution in [2.75, 3.05) is 19.5 Å². The van der Waals surface area contributed by atoms with Crippen LogP contribution in [0.15, 0.2) is 36.5 Å².